The minimum Gasteiger partial charge on any atom is -0.462 e. The number of rotatable bonds is 69. The maximum atomic E-state index is 13.0. The molecule has 3 N–H and O–H groups in total. The smallest absolute Gasteiger partial charge is 0.462 e. The van der Waals surface area contributed by atoms with E-state index in [1.165, 1.54) is 167 Å². The summed E-state index contributed by atoms with van der Waals surface area (Å²) in [5, 5.41) is 10.6. The maximum absolute atomic E-state index is 13.0. The van der Waals surface area contributed by atoms with E-state index in [1.807, 2.05) is 0 Å². The number of hydrogen-bond donors (Lipinski definition) is 3. The molecule has 5 atom stereocenters. The van der Waals surface area contributed by atoms with Crippen LogP contribution in [0.5, 0.6) is 0 Å². The van der Waals surface area contributed by atoms with Gasteiger partial charge < -0.3 is 33.8 Å². The Balaban J connectivity index is 5.16. The lowest BCUT2D eigenvalue weighted by molar-refractivity contribution is -0.161. The summed E-state index contributed by atoms with van der Waals surface area (Å²) in [7, 11) is -9.89. The molecule has 0 saturated carbocycles. The lowest BCUT2D eigenvalue weighted by atomic mass is 10.0. The molecular formula is C70H136O17P2. The predicted octanol–water partition coefficient (Wildman–Crippen LogP) is 20.0. The third kappa shape index (κ3) is 64.6. The third-order valence-electron chi connectivity index (χ3n) is 16.2. The molecule has 2 unspecified atom stereocenters. The second-order valence-electron chi connectivity index (χ2n) is 26.2. The number of phosphoric acid groups is 2. The van der Waals surface area contributed by atoms with Crippen molar-refractivity contribution in [3.8, 4) is 0 Å². The topological polar surface area (TPSA) is 237 Å². The number of esters is 4. The van der Waals surface area contributed by atoms with Crippen LogP contribution in [0.4, 0.5) is 0 Å². The van der Waals surface area contributed by atoms with E-state index in [2.05, 4.69) is 41.5 Å². The number of carbonyl (C=O) groups is 4. The van der Waals surface area contributed by atoms with Crippen LogP contribution in [-0.2, 0) is 65.4 Å². The largest absolute Gasteiger partial charge is 0.472 e. The quantitative estimate of drug-likeness (QED) is 0.0222. The fraction of sp³-hybridized carbons (Fsp3) is 0.943. The van der Waals surface area contributed by atoms with E-state index < -0.39 is 97.5 Å². The van der Waals surface area contributed by atoms with Crippen molar-refractivity contribution < 1.29 is 80.2 Å². The summed E-state index contributed by atoms with van der Waals surface area (Å²) in [6, 6.07) is 0. The van der Waals surface area contributed by atoms with Crippen LogP contribution in [0, 0.1) is 11.8 Å². The summed E-state index contributed by atoms with van der Waals surface area (Å²) in [6.45, 7) is 9.40. The molecular weight excluding hydrogens is 1170 g/mol. The van der Waals surface area contributed by atoms with Gasteiger partial charge in [-0.3, -0.25) is 37.3 Å². The van der Waals surface area contributed by atoms with Gasteiger partial charge in [0, 0.05) is 25.7 Å². The van der Waals surface area contributed by atoms with E-state index in [0.717, 1.165) is 102 Å². The zero-order valence-electron chi connectivity index (χ0n) is 57.7. The van der Waals surface area contributed by atoms with Crippen molar-refractivity contribution in [3.63, 3.8) is 0 Å². The fourth-order valence-electron chi connectivity index (χ4n) is 10.6. The zero-order chi connectivity index (χ0) is 65.7. The molecule has 0 aromatic heterocycles. The molecule has 0 fully saturated rings. The standard InChI is InChI=1S/C70H136O17P2/c1-7-9-11-13-15-17-18-19-20-21-22-23-24-25-26-27-30-35-42-48-54-69(74)86-65(58-81-68(73)53-47-41-34-31-28-29-32-38-44-50-62(3)4)60-84-88(76,77)82-56-64(71)57-83-89(78,79)85-61-66(59-80-67(72)52-46-40-33-16-14-12-10-8-2)87-70(75)55-49-43-37-36-39-45-51-63(5)6/h62-66,71H,7-61H2,1-6H3,(H,76,77)(H,78,79)/t64-,65-,66-/m1/s1. The summed E-state index contributed by atoms with van der Waals surface area (Å²) in [5.41, 5.74) is 0. The second-order valence-corrected chi connectivity index (χ2v) is 29.1. The van der Waals surface area contributed by atoms with E-state index in [1.54, 1.807) is 0 Å². The number of ether oxygens (including phenoxy) is 4. The van der Waals surface area contributed by atoms with Crippen molar-refractivity contribution in [2.45, 2.75) is 374 Å². The molecule has 0 rings (SSSR count). The summed E-state index contributed by atoms with van der Waals surface area (Å²) < 4.78 is 68.1. The minimum absolute atomic E-state index is 0.102. The predicted molar refractivity (Wildman–Crippen MR) is 358 cm³/mol. The van der Waals surface area contributed by atoms with Crippen LogP contribution < -0.4 is 0 Å². The Morgan fingerprint density at radius 2 is 0.517 bits per heavy atom. The highest BCUT2D eigenvalue weighted by Crippen LogP contribution is 2.45. The molecule has 89 heavy (non-hydrogen) atoms. The summed E-state index contributed by atoms with van der Waals surface area (Å²) in [4.78, 5) is 72.4. The highest BCUT2D eigenvalue weighted by atomic mass is 31.2. The van der Waals surface area contributed by atoms with Gasteiger partial charge in [-0.25, -0.2) is 9.13 Å². The average molecular weight is 1310 g/mol. The Morgan fingerprint density at radius 3 is 0.764 bits per heavy atom. The first-order valence-corrected chi connectivity index (χ1v) is 39.5. The molecule has 0 amide bonds. The number of hydrogen-bond acceptors (Lipinski definition) is 15. The van der Waals surface area contributed by atoms with Crippen molar-refractivity contribution in [1.29, 1.82) is 0 Å². The first-order chi connectivity index (χ1) is 42.9. The molecule has 0 heterocycles. The van der Waals surface area contributed by atoms with Gasteiger partial charge in [0.15, 0.2) is 12.2 Å². The average Bonchev–Trinajstić information content (AvgIpc) is 3.54. The van der Waals surface area contributed by atoms with Gasteiger partial charge in [0.2, 0.25) is 0 Å². The zero-order valence-corrected chi connectivity index (χ0v) is 59.5. The van der Waals surface area contributed by atoms with Gasteiger partial charge in [-0.15, -0.1) is 0 Å². The first kappa shape index (κ1) is 87.1. The van der Waals surface area contributed by atoms with Crippen LogP contribution in [0.2, 0.25) is 0 Å². The Bertz CT molecular complexity index is 1730. The van der Waals surface area contributed by atoms with Crippen molar-refractivity contribution in [1.82, 2.24) is 0 Å². The van der Waals surface area contributed by atoms with Gasteiger partial charge in [0.1, 0.15) is 19.3 Å². The molecule has 17 nitrogen and oxygen atoms in total. The molecule has 19 heteroatoms. The highest BCUT2D eigenvalue weighted by Gasteiger charge is 2.30. The lowest BCUT2D eigenvalue weighted by Gasteiger charge is -2.21. The number of unbranched alkanes of at least 4 members (excludes halogenated alkanes) is 39. The van der Waals surface area contributed by atoms with Gasteiger partial charge >= 0.3 is 39.5 Å². The van der Waals surface area contributed by atoms with Crippen LogP contribution in [0.25, 0.3) is 0 Å². The lowest BCUT2D eigenvalue weighted by Crippen LogP contribution is -2.30. The molecule has 0 aliphatic rings. The van der Waals surface area contributed by atoms with Crippen molar-refractivity contribution in [2.75, 3.05) is 39.6 Å². The fourth-order valence-corrected chi connectivity index (χ4v) is 12.2. The van der Waals surface area contributed by atoms with E-state index in [9.17, 15) is 43.2 Å². The van der Waals surface area contributed by atoms with Crippen molar-refractivity contribution >= 4 is 39.5 Å². The molecule has 0 spiro atoms. The van der Waals surface area contributed by atoms with Gasteiger partial charge in [-0.2, -0.15) is 0 Å². The van der Waals surface area contributed by atoms with Crippen LogP contribution in [0.15, 0.2) is 0 Å². The van der Waals surface area contributed by atoms with E-state index >= 15 is 0 Å². The molecule has 0 saturated heterocycles. The van der Waals surface area contributed by atoms with Crippen LogP contribution in [-0.4, -0.2) is 96.7 Å². The number of aliphatic hydroxyl groups is 1. The van der Waals surface area contributed by atoms with Gasteiger partial charge in [-0.1, -0.05) is 305 Å². The first-order valence-electron chi connectivity index (χ1n) is 36.5. The summed E-state index contributed by atoms with van der Waals surface area (Å²) >= 11 is 0. The molecule has 0 aromatic carbocycles. The van der Waals surface area contributed by atoms with Crippen LogP contribution in [0.1, 0.15) is 356 Å². The van der Waals surface area contributed by atoms with Gasteiger partial charge in [-0.05, 0) is 37.5 Å². The molecule has 0 aliphatic carbocycles. The second kappa shape index (κ2) is 62.2. The minimum atomic E-state index is -4.95. The van der Waals surface area contributed by atoms with E-state index in [0.29, 0.717) is 31.6 Å². The van der Waals surface area contributed by atoms with E-state index in [4.69, 9.17) is 37.0 Å². The SMILES string of the molecule is CCCCCCCCCCCCCCCCCCCCCCC(=O)O[C@H](COC(=O)CCCCCCCCCCCC(C)C)COP(=O)(O)OC[C@@H](O)COP(=O)(O)OC[C@@H](COC(=O)CCCCCCCCCC)OC(=O)CCCCCCCCC(C)C. The van der Waals surface area contributed by atoms with Gasteiger partial charge in [0.25, 0.3) is 0 Å². The Hall–Kier alpha value is -1.94. The van der Waals surface area contributed by atoms with E-state index in [-0.39, 0.29) is 25.7 Å². The van der Waals surface area contributed by atoms with Crippen molar-refractivity contribution in [3.05, 3.63) is 0 Å². The summed E-state index contributed by atoms with van der Waals surface area (Å²) in [5.74, 6) is -0.719. The monoisotopic (exact) mass is 1310 g/mol. The molecule has 0 aliphatic heterocycles. The summed E-state index contributed by atoms with van der Waals surface area (Å²) in [6.07, 6.45) is 47.6. The third-order valence-corrected chi connectivity index (χ3v) is 18.1. The molecule has 0 radical (unpaired) electrons. The van der Waals surface area contributed by atoms with Crippen LogP contribution in [0.3, 0.4) is 0 Å². The van der Waals surface area contributed by atoms with Gasteiger partial charge in [0.05, 0.1) is 26.4 Å². The number of phosphoric ester groups is 2. The maximum Gasteiger partial charge on any atom is 0.472 e. The molecule has 528 valence electrons. The molecule has 0 bridgehead atoms. The van der Waals surface area contributed by atoms with Crippen LogP contribution >= 0.6 is 15.6 Å². The highest BCUT2D eigenvalue weighted by molar-refractivity contribution is 7.47. The normalized spacial score (nSPS) is 14.1. The van der Waals surface area contributed by atoms with Crippen molar-refractivity contribution in [2.24, 2.45) is 11.8 Å². The Labute approximate surface area is 543 Å². The number of aliphatic hydroxyl groups excluding tert-OH is 1. The molecule has 0 aromatic rings. The number of carbonyl (C=O) groups excluding carboxylic acids is 4. The Kier molecular flexibility index (Phi) is 60.8. The Morgan fingerprint density at radius 1 is 0.303 bits per heavy atom.